The molecule has 1 N–H and O–H groups in total. The Morgan fingerprint density at radius 1 is 1.30 bits per heavy atom. The van der Waals surface area contributed by atoms with E-state index in [1.165, 1.54) is 25.7 Å². The Morgan fingerprint density at radius 2 is 2.10 bits per heavy atom. The molecule has 3 nitrogen and oxygen atoms in total. The molecule has 3 fully saturated rings. The van der Waals surface area contributed by atoms with Crippen molar-refractivity contribution in [3.63, 3.8) is 0 Å². The molecule has 3 heteroatoms. The molecule has 112 valence electrons. The first-order valence-electron chi connectivity index (χ1n) is 8.20. The SMILES string of the molecule is C=CCC1(NC(=O)CC2CC3CCC2C3)CCOCC1. The fraction of sp³-hybridized carbons (Fsp3) is 0.824. The van der Waals surface area contributed by atoms with Crippen LogP contribution >= 0.6 is 0 Å². The minimum atomic E-state index is -0.0886. The minimum absolute atomic E-state index is 0.0886. The molecule has 0 radical (unpaired) electrons. The summed E-state index contributed by atoms with van der Waals surface area (Å²) in [6, 6.07) is 0. The summed E-state index contributed by atoms with van der Waals surface area (Å²) in [7, 11) is 0. The molecule has 0 aromatic rings. The number of carbonyl (C=O) groups excluding carboxylic acids is 1. The van der Waals surface area contributed by atoms with Crippen LogP contribution in [-0.2, 0) is 9.53 Å². The Kier molecular flexibility index (Phi) is 4.16. The van der Waals surface area contributed by atoms with Gasteiger partial charge in [-0.1, -0.05) is 12.5 Å². The largest absolute Gasteiger partial charge is 0.381 e. The second-order valence-corrected chi connectivity index (χ2v) is 7.07. The Labute approximate surface area is 122 Å². The van der Waals surface area contributed by atoms with Crippen LogP contribution in [0.3, 0.4) is 0 Å². The van der Waals surface area contributed by atoms with Crippen LogP contribution in [0.4, 0.5) is 0 Å². The number of fused-ring (bicyclic) bond motifs is 2. The Balaban J connectivity index is 1.55. The molecule has 0 aromatic heterocycles. The molecule has 3 atom stereocenters. The van der Waals surface area contributed by atoms with Gasteiger partial charge in [0.05, 0.1) is 0 Å². The summed E-state index contributed by atoms with van der Waals surface area (Å²) in [5.74, 6) is 2.65. The number of amides is 1. The maximum atomic E-state index is 12.4. The van der Waals surface area contributed by atoms with Crippen molar-refractivity contribution in [1.82, 2.24) is 5.32 Å². The fourth-order valence-electron chi connectivity index (χ4n) is 4.63. The molecule has 1 heterocycles. The topological polar surface area (TPSA) is 38.3 Å². The summed E-state index contributed by atoms with van der Waals surface area (Å²) in [5, 5.41) is 3.33. The summed E-state index contributed by atoms with van der Waals surface area (Å²) >= 11 is 0. The molecule has 2 saturated carbocycles. The second kappa shape index (κ2) is 5.88. The third kappa shape index (κ3) is 2.93. The van der Waals surface area contributed by atoms with Gasteiger partial charge in [0.1, 0.15) is 0 Å². The van der Waals surface area contributed by atoms with Crippen molar-refractivity contribution >= 4 is 5.91 Å². The summed E-state index contributed by atoms with van der Waals surface area (Å²) < 4.78 is 5.44. The molecular weight excluding hydrogens is 250 g/mol. The van der Waals surface area contributed by atoms with E-state index in [1.807, 2.05) is 6.08 Å². The first-order chi connectivity index (χ1) is 9.71. The monoisotopic (exact) mass is 277 g/mol. The lowest BCUT2D eigenvalue weighted by atomic mass is 9.84. The normalized spacial score (nSPS) is 34.9. The highest BCUT2D eigenvalue weighted by atomic mass is 16.5. The maximum Gasteiger partial charge on any atom is 0.220 e. The number of hydrogen-bond donors (Lipinski definition) is 1. The standard InChI is InChI=1S/C17H27NO2/c1-2-5-17(6-8-20-9-7-17)18-16(19)12-15-11-13-3-4-14(15)10-13/h2,13-15H,1,3-12H2,(H,18,19). The van der Waals surface area contributed by atoms with Gasteiger partial charge in [0.2, 0.25) is 5.91 Å². The summed E-state index contributed by atoms with van der Waals surface area (Å²) in [4.78, 5) is 12.4. The van der Waals surface area contributed by atoms with E-state index in [2.05, 4.69) is 11.9 Å². The predicted molar refractivity (Wildman–Crippen MR) is 79.3 cm³/mol. The number of ether oxygens (including phenoxy) is 1. The van der Waals surface area contributed by atoms with Crippen molar-refractivity contribution < 1.29 is 9.53 Å². The summed E-state index contributed by atoms with van der Waals surface area (Å²) in [6.45, 7) is 5.35. The third-order valence-corrected chi connectivity index (χ3v) is 5.72. The third-order valence-electron chi connectivity index (χ3n) is 5.72. The quantitative estimate of drug-likeness (QED) is 0.784. The van der Waals surface area contributed by atoms with E-state index in [9.17, 15) is 4.79 Å². The summed E-state index contributed by atoms with van der Waals surface area (Å²) in [6.07, 6.45) is 10.8. The highest BCUT2D eigenvalue weighted by Crippen LogP contribution is 2.49. The molecule has 2 aliphatic carbocycles. The van der Waals surface area contributed by atoms with E-state index in [4.69, 9.17) is 4.74 Å². The van der Waals surface area contributed by atoms with Gasteiger partial charge in [0.15, 0.2) is 0 Å². The molecule has 1 aliphatic heterocycles. The molecule has 0 spiro atoms. The second-order valence-electron chi connectivity index (χ2n) is 7.07. The molecule has 20 heavy (non-hydrogen) atoms. The Bertz CT molecular complexity index is 373. The van der Waals surface area contributed by atoms with Gasteiger partial charge in [0, 0.05) is 25.2 Å². The van der Waals surface area contributed by atoms with Crippen LogP contribution in [0.5, 0.6) is 0 Å². The van der Waals surface area contributed by atoms with E-state index in [1.54, 1.807) is 0 Å². The van der Waals surface area contributed by atoms with Crippen molar-refractivity contribution in [2.45, 2.75) is 56.9 Å². The fourth-order valence-corrected chi connectivity index (χ4v) is 4.63. The molecule has 0 aromatic carbocycles. The number of rotatable bonds is 5. The van der Waals surface area contributed by atoms with Gasteiger partial charge in [0.25, 0.3) is 0 Å². The Morgan fingerprint density at radius 3 is 2.70 bits per heavy atom. The summed E-state index contributed by atoms with van der Waals surface area (Å²) in [5.41, 5.74) is -0.0886. The van der Waals surface area contributed by atoms with E-state index in [-0.39, 0.29) is 11.4 Å². The highest BCUT2D eigenvalue weighted by molar-refractivity contribution is 5.77. The zero-order chi connectivity index (χ0) is 14.0. The van der Waals surface area contributed by atoms with Crippen LogP contribution < -0.4 is 5.32 Å². The lowest BCUT2D eigenvalue weighted by Gasteiger charge is -2.38. The average Bonchev–Trinajstić information content (AvgIpc) is 3.02. The van der Waals surface area contributed by atoms with Crippen molar-refractivity contribution in [3.8, 4) is 0 Å². The van der Waals surface area contributed by atoms with Gasteiger partial charge in [-0.05, 0) is 56.3 Å². The number of nitrogens with one attached hydrogen (secondary N) is 1. The average molecular weight is 277 g/mol. The van der Waals surface area contributed by atoms with Crippen molar-refractivity contribution in [3.05, 3.63) is 12.7 Å². The van der Waals surface area contributed by atoms with Gasteiger partial charge < -0.3 is 10.1 Å². The van der Waals surface area contributed by atoms with Crippen LogP contribution in [-0.4, -0.2) is 24.7 Å². The van der Waals surface area contributed by atoms with E-state index in [0.717, 1.165) is 50.7 Å². The van der Waals surface area contributed by atoms with Gasteiger partial charge in [-0.15, -0.1) is 6.58 Å². The van der Waals surface area contributed by atoms with Gasteiger partial charge >= 0.3 is 0 Å². The van der Waals surface area contributed by atoms with Crippen LogP contribution in [0.2, 0.25) is 0 Å². The lowest BCUT2D eigenvalue weighted by molar-refractivity contribution is -0.125. The zero-order valence-electron chi connectivity index (χ0n) is 12.4. The van der Waals surface area contributed by atoms with E-state index in [0.29, 0.717) is 5.92 Å². The smallest absolute Gasteiger partial charge is 0.220 e. The molecule has 1 saturated heterocycles. The van der Waals surface area contributed by atoms with Crippen molar-refractivity contribution in [1.29, 1.82) is 0 Å². The predicted octanol–water partition coefficient (Wildman–Crippen LogP) is 3.05. The zero-order valence-corrected chi connectivity index (χ0v) is 12.4. The lowest BCUT2D eigenvalue weighted by Crippen LogP contribution is -2.52. The molecule has 3 unspecified atom stereocenters. The van der Waals surface area contributed by atoms with Crippen molar-refractivity contribution in [2.75, 3.05) is 13.2 Å². The van der Waals surface area contributed by atoms with Gasteiger partial charge in [-0.3, -0.25) is 4.79 Å². The van der Waals surface area contributed by atoms with Crippen LogP contribution in [0.25, 0.3) is 0 Å². The molecular formula is C17H27NO2. The maximum absolute atomic E-state index is 12.4. The first kappa shape index (κ1) is 14.1. The van der Waals surface area contributed by atoms with Crippen molar-refractivity contribution in [2.24, 2.45) is 17.8 Å². The first-order valence-corrected chi connectivity index (χ1v) is 8.20. The molecule has 3 aliphatic rings. The van der Waals surface area contributed by atoms with Gasteiger partial charge in [-0.25, -0.2) is 0 Å². The van der Waals surface area contributed by atoms with Crippen LogP contribution in [0.1, 0.15) is 51.4 Å². The van der Waals surface area contributed by atoms with E-state index < -0.39 is 0 Å². The van der Waals surface area contributed by atoms with Gasteiger partial charge in [-0.2, -0.15) is 0 Å². The Hall–Kier alpha value is -0.830. The number of hydrogen-bond acceptors (Lipinski definition) is 2. The minimum Gasteiger partial charge on any atom is -0.381 e. The molecule has 3 rings (SSSR count). The van der Waals surface area contributed by atoms with Crippen LogP contribution in [0, 0.1) is 17.8 Å². The highest BCUT2D eigenvalue weighted by Gasteiger charge is 2.41. The molecule has 1 amide bonds. The van der Waals surface area contributed by atoms with E-state index >= 15 is 0 Å². The number of carbonyl (C=O) groups is 1. The molecule has 2 bridgehead atoms. The van der Waals surface area contributed by atoms with Crippen LogP contribution in [0.15, 0.2) is 12.7 Å².